The number of ether oxygens (including phenoxy) is 2. The number of carbonyl (C=O) groups excluding carboxylic acids is 1. The molecule has 7 aromatic rings. The number of carboxylic acids is 1. The molecule has 1 aliphatic heterocycles. The van der Waals surface area contributed by atoms with E-state index >= 15 is 4.79 Å². The lowest BCUT2D eigenvalue weighted by Gasteiger charge is -2.35. The number of aryl methyl sites for hydroxylation is 6. The highest BCUT2D eigenvalue weighted by Crippen LogP contribution is 2.46. The standard InChI is InChI=1S/C46H45Cl2N5O5/c1-25-18-32(19-26(2)41(25)48)57-17-11-14-34-35-15-16-36(47)40(39-28(4)49-51(7)29(39)5)43(35)53-27(3)23-52(45(54)44(34)53)37-22-33(58-24-30-12-9-8-10-13-30)20-31-21-38(46(55)56)50(6)42(31)37/h8-10,12-13,15-16,18-22,27H,11,14,17,23-24H2,1-7H3,(H,55,56). The molecule has 0 fully saturated rings. The third kappa shape index (κ3) is 6.68. The van der Waals surface area contributed by atoms with Crippen LogP contribution in [0.4, 0.5) is 5.69 Å². The second kappa shape index (κ2) is 15.2. The van der Waals surface area contributed by atoms with Crippen molar-refractivity contribution in [3.63, 3.8) is 0 Å². The fourth-order valence-corrected chi connectivity index (χ4v) is 8.98. The number of aromatic nitrogens is 4. The Balaban J connectivity index is 1.27. The number of hydrogen-bond acceptors (Lipinski definition) is 5. The SMILES string of the molecule is Cc1cc(OCCCc2c3n(c4c(-c5c(C)nn(C)c5C)c(Cl)ccc24)C(C)CN(c2cc(OCc4ccccc4)cc4cc(C(=O)O)n(C)c24)C3=O)cc(C)c1Cl. The third-order valence-corrected chi connectivity index (χ3v) is 12.3. The summed E-state index contributed by atoms with van der Waals surface area (Å²) in [5.74, 6) is 0.0172. The van der Waals surface area contributed by atoms with Crippen molar-refractivity contribution >= 4 is 62.6 Å². The maximum atomic E-state index is 15.4. The maximum Gasteiger partial charge on any atom is 0.352 e. The number of rotatable bonds is 11. The minimum absolute atomic E-state index is 0.108. The summed E-state index contributed by atoms with van der Waals surface area (Å²) in [4.78, 5) is 29.6. The minimum Gasteiger partial charge on any atom is -0.494 e. The molecule has 0 spiro atoms. The van der Waals surface area contributed by atoms with Gasteiger partial charge >= 0.3 is 5.97 Å². The summed E-state index contributed by atoms with van der Waals surface area (Å²) in [5, 5.41) is 17.8. The van der Waals surface area contributed by atoms with Gasteiger partial charge in [-0.3, -0.25) is 9.48 Å². The van der Waals surface area contributed by atoms with Crippen molar-refractivity contribution in [1.29, 1.82) is 0 Å². The van der Waals surface area contributed by atoms with E-state index in [0.717, 1.165) is 66.4 Å². The van der Waals surface area contributed by atoms with Crippen molar-refractivity contribution < 1.29 is 24.2 Å². The fourth-order valence-electron chi connectivity index (χ4n) is 8.63. The topological polar surface area (TPSA) is 104 Å². The van der Waals surface area contributed by atoms with Gasteiger partial charge in [0, 0.05) is 65.4 Å². The van der Waals surface area contributed by atoms with E-state index in [2.05, 4.69) is 11.5 Å². The first kappa shape index (κ1) is 39.1. The molecule has 1 N–H and O–H groups in total. The Kier molecular flexibility index (Phi) is 10.3. The molecule has 58 heavy (non-hydrogen) atoms. The zero-order valence-electron chi connectivity index (χ0n) is 33.6. The van der Waals surface area contributed by atoms with Crippen LogP contribution in [-0.2, 0) is 27.1 Å². The molecule has 8 rings (SSSR count). The van der Waals surface area contributed by atoms with Gasteiger partial charge in [0.05, 0.1) is 34.0 Å². The fraction of sp³-hybridized carbons (Fsp3) is 0.283. The number of halogens is 2. The lowest BCUT2D eigenvalue weighted by atomic mass is 9.98. The minimum atomic E-state index is -1.06. The van der Waals surface area contributed by atoms with Crippen molar-refractivity contribution in [3.8, 4) is 22.6 Å². The van der Waals surface area contributed by atoms with E-state index in [4.69, 9.17) is 37.8 Å². The van der Waals surface area contributed by atoms with Gasteiger partial charge in [-0.05, 0) is 100 Å². The van der Waals surface area contributed by atoms with Crippen LogP contribution in [0.5, 0.6) is 11.5 Å². The molecule has 298 valence electrons. The number of fused-ring (bicyclic) bond motifs is 4. The molecule has 3 aromatic heterocycles. The van der Waals surface area contributed by atoms with Crippen LogP contribution < -0.4 is 14.4 Å². The van der Waals surface area contributed by atoms with E-state index in [-0.39, 0.29) is 17.6 Å². The molecular formula is C46H45Cl2N5O5. The van der Waals surface area contributed by atoms with E-state index in [1.165, 1.54) is 0 Å². The second-order valence-electron chi connectivity index (χ2n) is 15.3. The van der Waals surface area contributed by atoms with Crippen LogP contribution in [0.15, 0.2) is 72.8 Å². The van der Waals surface area contributed by atoms with Gasteiger partial charge in [0.2, 0.25) is 0 Å². The van der Waals surface area contributed by atoms with Crippen LogP contribution in [0.1, 0.15) is 74.0 Å². The van der Waals surface area contributed by atoms with E-state index in [1.54, 1.807) is 22.6 Å². The molecule has 0 bridgehead atoms. The smallest absolute Gasteiger partial charge is 0.352 e. The first-order valence-corrected chi connectivity index (χ1v) is 20.1. The molecule has 4 aromatic carbocycles. The Morgan fingerprint density at radius 2 is 1.60 bits per heavy atom. The summed E-state index contributed by atoms with van der Waals surface area (Å²) in [6.45, 7) is 11.1. The maximum absolute atomic E-state index is 15.4. The molecule has 0 saturated carbocycles. The predicted octanol–water partition coefficient (Wildman–Crippen LogP) is 10.6. The molecule has 10 nitrogen and oxygen atoms in total. The number of aromatic carboxylic acids is 1. The highest BCUT2D eigenvalue weighted by atomic mass is 35.5. The van der Waals surface area contributed by atoms with Crippen LogP contribution in [0.25, 0.3) is 32.9 Å². The molecule has 4 heterocycles. The Hall–Kier alpha value is -5.71. The summed E-state index contributed by atoms with van der Waals surface area (Å²) < 4.78 is 18.2. The Labute approximate surface area is 347 Å². The molecule has 0 aliphatic carbocycles. The highest BCUT2D eigenvalue weighted by Gasteiger charge is 2.38. The van der Waals surface area contributed by atoms with Gasteiger partial charge in [-0.1, -0.05) is 59.6 Å². The molecule has 1 atom stereocenters. The average molecular weight is 819 g/mol. The highest BCUT2D eigenvalue weighted by molar-refractivity contribution is 6.35. The number of carbonyl (C=O) groups is 2. The number of benzene rings is 4. The zero-order chi connectivity index (χ0) is 41.2. The van der Waals surface area contributed by atoms with Gasteiger partial charge < -0.3 is 28.6 Å². The number of hydrogen-bond donors (Lipinski definition) is 1. The summed E-state index contributed by atoms with van der Waals surface area (Å²) in [5.41, 5.74) is 10.1. The summed E-state index contributed by atoms with van der Waals surface area (Å²) >= 11 is 13.6. The summed E-state index contributed by atoms with van der Waals surface area (Å²) in [6.07, 6.45) is 1.18. The zero-order valence-corrected chi connectivity index (χ0v) is 35.1. The molecule has 1 unspecified atom stereocenters. The number of anilines is 1. The van der Waals surface area contributed by atoms with Crippen molar-refractivity contribution in [2.75, 3.05) is 18.1 Å². The predicted molar refractivity (Wildman–Crippen MR) is 230 cm³/mol. The summed E-state index contributed by atoms with van der Waals surface area (Å²) in [7, 11) is 3.64. The van der Waals surface area contributed by atoms with Crippen molar-refractivity contribution in [2.24, 2.45) is 14.1 Å². The van der Waals surface area contributed by atoms with Gasteiger partial charge in [-0.25, -0.2) is 4.79 Å². The average Bonchev–Trinajstić information content (AvgIpc) is 3.80. The van der Waals surface area contributed by atoms with E-state index < -0.39 is 5.97 Å². The molecule has 0 saturated heterocycles. The molecule has 12 heteroatoms. The first-order valence-electron chi connectivity index (χ1n) is 19.4. The van der Waals surface area contributed by atoms with Crippen LogP contribution >= 0.6 is 23.2 Å². The Morgan fingerprint density at radius 3 is 2.28 bits per heavy atom. The van der Waals surface area contributed by atoms with Gasteiger partial charge in [0.25, 0.3) is 5.91 Å². The van der Waals surface area contributed by atoms with Gasteiger partial charge in [0.1, 0.15) is 29.5 Å². The lowest BCUT2D eigenvalue weighted by Crippen LogP contribution is -2.43. The van der Waals surface area contributed by atoms with Crippen LogP contribution in [0, 0.1) is 27.7 Å². The van der Waals surface area contributed by atoms with E-state index in [0.29, 0.717) is 65.7 Å². The monoisotopic (exact) mass is 817 g/mol. The molecular weight excluding hydrogens is 773 g/mol. The normalized spacial score (nSPS) is 14.1. The van der Waals surface area contributed by atoms with Crippen LogP contribution in [0.3, 0.4) is 0 Å². The second-order valence-corrected chi connectivity index (χ2v) is 16.1. The lowest BCUT2D eigenvalue weighted by molar-refractivity contribution is 0.0687. The largest absolute Gasteiger partial charge is 0.494 e. The molecule has 1 aliphatic rings. The van der Waals surface area contributed by atoms with E-state index in [9.17, 15) is 9.90 Å². The van der Waals surface area contributed by atoms with Crippen molar-refractivity contribution in [1.82, 2.24) is 18.9 Å². The van der Waals surface area contributed by atoms with E-state index in [1.807, 2.05) is 106 Å². The van der Waals surface area contributed by atoms with Gasteiger partial charge in [-0.15, -0.1) is 0 Å². The van der Waals surface area contributed by atoms with Crippen molar-refractivity contribution in [3.05, 3.63) is 128 Å². The van der Waals surface area contributed by atoms with Gasteiger partial charge in [0.15, 0.2) is 0 Å². The first-order chi connectivity index (χ1) is 27.7. The van der Waals surface area contributed by atoms with Gasteiger partial charge in [-0.2, -0.15) is 5.10 Å². The molecule has 1 amide bonds. The van der Waals surface area contributed by atoms with Crippen LogP contribution in [0.2, 0.25) is 10.0 Å². The quantitative estimate of drug-likeness (QED) is 0.130. The van der Waals surface area contributed by atoms with Crippen LogP contribution in [-0.4, -0.2) is 49.0 Å². The Bertz CT molecular complexity index is 2760. The molecule has 0 radical (unpaired) electrons. The van der Waals surface area contributed by atoms with Crippen molar-refractivity contribution in [2.45, 2.75) is 60.1 Å². The third-order valence-electron chi connectivity index (χ3n) is 11.4. The Morgan fingerprint density at radius 1 is 0.897 bits per heavy atom. The summed E-state index contributed by atoms with van der Waals surface area (Å²) in [6, 6.07) is 22.8. The number of amides is 1. The number of carboxylic acid groups (broad SMARTS) is 1. The number of nitrogens with zero attached hydrogens (tertiary/aromatic N) is 5.